The molecule has 0 amide bonds. The fraction of sp³-hybridized carbons (Fsp3) is 0.822. The molecule has 0 aromatic heterocycles. The summed E-state index contributed by atoms with van der Waals surface area (Å²) in [6.07, 6.45) is 33.0. The maximum atomic E-state index is 12.7. The molecule has 0 spiro atoms. The monoisotopic (exact) mass is 781 g/mol. The van der Waals surface area contributed by atoms with Gasteiger partial charge in [0.1, 0.15) is 31.0 Å². The van der Waals surface area contributed by atoms with Gasteiger partial charge in [0.2, 0.25) is 0 Å². The van der Waals surface area contributed by atoms with Crippen molar-refractivity contribution in [2.75, 3.05) is 19.8 Å². The van der Waals surface area contributed by atoms with Crippen molar-refractivity contribution in [1.82, 2.24) is 0 Å². The summed E-state index contributed by atoms with van der Waals surface area (Å²) in [6.45, 7) is 3.35. The average Bonchev–Trinajstić information content (AvgIpc) is 3.18. The number of hydrogen-bond donors (Lipinski definition) is 4. The van der Waals surface area contributed by atoms with Crippen LogP contribution in [0.15, 0.2) is 36.5 Å². The Morgan fingerprint density at radius 1 is 0.564 bits per heavy atom. The Hall–Kier alpha value is -2.08. The Labute approximate surface area is 334 Å². The van der Waals surface area contributed by atoms with Gasteiger partial charge in [-0.2, -0.15) is 0 Å². The van der Waals surface area contributed by atoms with Crippen molar-refractivity contribution in [1.29, 1.82) is 0 Å². The number of unbranched alkanes of at least 4 members (excludes halogenated alkanes) is 19. The van der Waals surface area contributed by atoms with Crippen molar-refractivity contribution >= 4 is 11.9 Å². The van der Waals surface area contributed by atoms with Crippen molar-refractivity contribution in [2.45, 2.75) is 218 Å². The lowest BCUT2D eigenvalue weighted by atomic mass is 9.99. The van der Waals surface area contributed by atoms with Crippen LogP contribution < -0.4 is 0 Å². The summed E-state index contributed by atoms with van der Waals surface area (Å²) in [7, 11) is 0. The van der Waals surface area contributed by atoms with E-state index in [-0.39, 0.29) is 26.1 Å². The number of aliphatic hydroxyl groups is 4. The van der Waals surface area contributed by atoms with Crippen LogP contribution in [0.3, 0.4) is 0 Å². The molecule has 0 aromatic rings. The van der Waals surface area contributed by atoms with E-state index in [1.54, 1.807) is 0 Å². The number of rotatable bonds is 36. The molecule has 2 unspecified atom stereocenters. The fourth-order valence-electron chi connectivity index (χ4n) is 6.46. The predicted molar refractivity (Wildman–Crippen MR) is 219 cm³/mol. The standard InChI is InChI=1S/C45H80O10/c1-3-5-7-9-11-13-15-17-18-19-20-22-23-25-27-29-31-33-40(47)52-36-38(37-53-45-44(51)43(50)42(49)39(35-46)55-45)54-41(48)34-32-30-28-26-24-21-16-14-12-10-8-6-4-2/h20-22,24-25,27,38-39,42-46,49-51H,3-19,23,26,28-37H2,1-2H3/b22-20+,24-21+,27-25+/t38-,39-,42+,43?,44?,45-/m0/s1. The minimum absolute atomic E-state index is 0.201. The van der Waals surface area contributed by atoms with Crippen LogP contribution >= 0.6 is 0 Å². The zero-order chi connectivity index (χ0) is 40.2. The van der Waals surface area contributed by atoms with Gasteiger partial charge in [0.25, 0.3) is 0 Å². The highest BCUT2D eigenvalue weighted by Gasteiger charge is 2.44. The summed E-state index contributed by atoms with van der Waals surface area (Å²) < 4.78 is 22.1. The van der Waals surface area contributed by atoms with Crippen LogP contribution in [0.25, 0.3) is 0 Å². The Balaban J connectivity index is 2.38. The van der Waals surface area contributed by atoms with E-state index >= 15 is 0 Å². The molecule has 0 aromatic carbocycles. The van der Waals surface area contributed by atoms with Gasteiger partial charge in [0.05, 0.1) is 13.2 Å². The number of hydrogen-bond acceptors (Lipinski definition) is 10. The van der Waals surface area contributed by atoms with Crippen LogP contribution in [0.4, 0.5) is 0 Å². The van der Waals surface area contributed by atoms with Crippen molar-refractivity contribution in [3.05, 3.63) is 36.5 Å². The molecular weight excluding hydrogens is 700 g/mol. The molecule has 1 fully saturated rings. The molecule has 0 radical (unpaired) electrons. The van der Waals surface area contributed by atoms with E-state index < -0.39 is 55.4 Å². The lowest BCUT2D eigenvalue weighted by Crippen LogP contribution is -2.59. The van der Waals surface area contributed by atoms with Crippen LogP contribution in [-0.4, -0.2) is 89.0 Å². The van der Waals surface area contributed by atoms with E-state index in [0.29, 0.717) is 12.8 Å². The molecule has 4 N–H and O–H groups in total. The maximum Gasteiger partial charge on any atom is 0.306 e. The molecule has 0 aliphatic carbocycles. The highest BCUT2D eigenvalue weighted by Crippen LogP contribution is 2.22. The van der Waals surface area contributed by atoms with E-state index in [0.717, 1.165) is 44.9 Å². The number of carbonyl (C=O) groups excluding carboxylic acids is 2. The number of esters is 2. The van der Waals surface area contributed by atoms with Gasteiger partial charge in [-0.1, -0.05) is 140 Å². The van der Waals surface area contributed by atoms with Crippen LogP contribution in [0, 0.1) is 0 Å². The first-order valence-electron chi connectivity index (χ1n) is 22.1. The van der Waals surface area contributed by atoms with Gasteiger partial charge in [0.15, 0.2) is 12.4 Å². The first-order valence-corrected chi connectivity index (χ1v) is 22.1. The summed E-state index contributed by atoms with van der Waals surface area (Å²) in [4.78, 5) is 25.2. The second-order valence-corrected chi connectivity index (χ2v) is 15.1. The van der Waals surface area contributed by atoms with Crippen molar-refractivity contribution in [3.8, 4) is 0 Å². The molecule has 1 aliphatic rings. The maximum absolute atomic E-state index is 12.7. The molecule has 1 rings (SSSR count). The van der Waals surface area contributed by atoms with Crippen LogP contribution in [0.1, 0.15) is 181 Å². The molecule has 0 bridgehead atoms. The Kier molecular flexibility index (Phi) is 33.6. The zero-order valence-electron chi connectivity index (χ0n) is 34.7. The smallest absolute Gasteiger partial charge is 0.306 e. The van der Waals surface area contributed by atoms with Gasteiger partial charge >= 0.3 is 11.9 Å². The topological polar surface area (TPSA) is 152 Å². The number of aliphatic hydroxyl groups excluding tert-OH is 4. The molecule has 1 heterocycles. The minimum Gasteiger partial charge on any atom is -0.462 e. The molecule has 10 heteroatoms. The Morgan fingerprint density at radius 2 is 1.04 bits per heavy atom. The number of allylic oxidation sites excluding steroid dienone is 6. The Morgan fingerprint density at radius 3 is 1.58 bits per heavy atom. The highest BCUT2D eigenvalue weighted by molar-refractivity contribution is 5.70. The van der Waals surface area contributed by atoms with Crippen molar-refractivity contribution in [2.24, 2.45) is 0 Å². The third-order valence-corrected chi connectivity index (χ3v) is 10.00. The number of carbonyl (C=O) groups is 2. The summed E-state index contributed by atoms with van der Waals surface area (Å²) in [5.74, 6) is -0.878. The quantitative estimate of drug-likeness (QED) is 0.0275. The molecule has 6 atom stereocenters. The summed E-state index contributed by atoms with van der Waals surface area (Å²) >= 11 is 0. The van der Waals surface area contributed by atoms with Gasteiger partial charge in [0, 0.05) is 12.8 Å². The van der Waals surface area contributed by atoms with Crippen molar-refractivity contribution < 1.29 is 49.0 Å². The van der Waals surface area contributed by atoms with Gasteiger partial charge in [-0.25, -0.2) is 0 Å². The summed E-state index contributed by atoms with van der Waals surface area (Å²) in [5, 5.41) is 40.0. The lowest BCUT2D eigenvalue weighted by molar-refractivity contribution is -0.305. The van der Waals surface area contributed by atoms with Crippen LogP contribution in [0.2, 0.25) is 0 Å². The molecule has 10 nitrogen and oxygen atoms in total. The third-order valence-electron chi connectivity index (χ3n) is 10.00. The van der Waals surface area contributed by atoms with E-state index in [2.05, 4.69) is 50.3 Å². The van der Waals surface area contributed by atoms with E-state index in [9.17, 15) is 30.0 Å². The second-order valence-electron chi connectivity index (χ2n) is 15.1. The molecule has 320 valence electrons. The van der Waals surface area contributed by atoms with Crippen LogP contribution in [0.5, 0.6) is 0 Å². The summed E-state index contributed by atoms with van der Waals surface area (Å²) in [6, 6.07) is 0. The molecular formula is C45H80O10. The fourth-order valence-corrected chi connectivity index (χ4v) is 6.46. The predicted octanol–water partition coefficient (Wildman–Crippen LogP) is 9.11. The van der Waals surface area contributed by atoms with Gasteiger partial charge in [-0.05, 0) is 64.2 Å². The second kappa shape index (κ2) is 36.3. The van der Waals surface area contributed by atoms with E-state index in [4.69, 9.17) is 18.9 Å². The van der Waals surface area contributed by atoms with Crippen LogP contribution in [-0.2, 0) is 28.5 Å². The number of ether oxygens (including phenoxy) is 4. The normalized spacial score (nSPS) is 20.9. The first-order chi connectivity index (χ1) is 26.8. The molecule has 1 saturated heterocycles. The zero-order valence-corrected chi connectivity index (χ0v) is 34.7. The molecule has 0 saturated carbocycles. The van der Waals surface area contributed by atoms with E-state index in [1.165, 1.54) is 96.3 Å². The average molecular weight is 781 g/mol. The Bertz CT molecular complexity index is 996. The first kappa shape index (κ1) is 50.9. The SMILES string of the molecule is CCCCCCCC/C=C/CCCCCC(=O)O[C@@H](COC(=O)CCC/C=C/C/C=C/CCCCCCCCCCC)CO[C@H]1O[C@@H](CO)[C@@H](O)C(O)C1O. The highest BCUT2D eigenvalue weighted by atomic mass is 16.7. The van der Waals surface area contributed by atoms with Crippen molar-refractivity contribution in [3.63, 3.8) is 0 Å². The summed E-state index contributed by atoms with van der Waals surface area (Å²) in [5.41, 5.74) is 0. The van der Waals surface area contributed by atoms with E-state index in [1.807, 2.05) is 0 Å². The third kappa shape index (κ3) is 28.0. The largest absolute Gasteiger partial charge is 0.462 e. The van der Waals surface area contributed by atoms with Gasteiger partial charge in [-0.15, -0.1) is 0 Å². The molecule has 55 heavy (non-hydrogen) atoms. The minimum atomic E-state index is -1.60. The molecule has 1 aliphatic heterocycles. The van der Waals surface area contributed by atoms with Gasteiger partial charge in [-0.3, -0.25) is 9.59 Å². The lowest BCUT2D eigenvalue weighted by Gasteiger charge is -2.39. The van der Waals surface area contributed by atoms with Gasteiger partial charge < -0.3 is 39.4 Å².